The van der Waals surface area contributed by atoms with Crippen LogP contribution in [-0.4, -0.2) is 48.8 Å². The van der Waals surface area contributed by atoms with Crippen LogP contribution in [0.2, 0.25) is 36.3 Å². The van der Waals surface area contributed by atoms with Crippen LogP contribution in [-0.2, 0) is 25.0 Å². The Hall–Kier alpha value is -1.26. The molecule has 5 nitrogen and oxygen atoms in total. The van der Waals surface area contributed by atoms with Gasteiger partial charge in [0.15, 0.2) is 16.6 Å². The highest BCUT2D eigenvalue weighted by molar-refractivity contribution is 6.74. The normalized spacial score (nSPS) is 15.3. The Morgan fingerprint density at radius 2 is 1.37 bits per heavy atom. The van der Waals surface area contributed by atoms with E-state index in [9.17, 15) is 4.79 Å². The maximum Gasteiger partial charge on any atom is 0.193 e. The lowest BCUT2D eigenvalue weighted by Gasteiger charge is -2.39. The number of benzene rings is 1. The minimum Gasteiger partial charge on any atom is -0.497 e. The summed E-state index contributed by atoms with van der Waals surface area (Å²) < 4.78 is 24.2. The van der Waals surface area contributed by atoms with Crippen LogP contribution >= 0.6 is 0 Å². The molecule has 0 bridgehead atoms. The van der Waals surface area contributed by atoms with Gasteiger partial charge in [0.25, 0.3) is 0 Å². The molecule has 0 unspecified atom stereocenters. The second kappa shape index (κ2) is 13.3. The van der Waals surface area contributed by atoms with Crippen LogP contribution in [0.3, 0.4) is 0 Å². The number of ether oxygens (including phenoxy) is 2. The Kier molecular flexibility index (Phi) is 12.1. The summed E-state index contributed by atoms with van der Waals surface area (Å²) in [5.74, 6) is 0.841. The van der Waals surface area contributed by atoms with Crippen LogP contribution in [0.15, 0.2) is 36.4 Å². The molecule has 0 aliphatic heterocycles. The molecule has 0 heterocycles. The van der Waals surface area contributed by atoms with Gasteiger partial charge in [0.1, 0.15) is 18.1 Å². The standard InChI is InChI=1S/C28H50O5Si2/c1-27(2,3)34(8,9)32-25(19-20-31-22-23-15-17-24(30-7)18-16-23)13-12-14-26(21-29)33-35(10,11)28(4,5)6/h12-13,15-18,21,25-26H,14,19-20,22H2,1-11H3/b13-12+/t25-,26+/m1/s1. The molecular formula is C28H50O5Si2. The van der Waals surface area contributed by atoms with Gasteiger partial charge in [0.2, 0.25) is 0 Å². The smallest absolute Gasteiger partial charge is 0.193 e. The van der Waals surface area contributed by atoms with Crippen molar-refractivity contribution in [2.75, 3.05) is 13.7 Å². The van der Waals surface area contributed by atoms with E-state index in [4.69, 9.17) is 18.3 Å². The lowest BCUT2D eigenvalue weighted by atomic mass is 10.2. The van der Waals surface area contributed by atoms with Crippen LogP contribution in [0.4, 0.5) is 0 Å². The number of carbonyl (C=O) groups is 1. The third-order valence-corrected chi connectivity index (χ3v) is 16.4. The molecule has 0 N–H and O–H groups in total. The predicted molar refractivity (Wildman–Crippen MR) is 151 cm³/mol. The fourth-order valence-corrected chi connectivity index (χ4v) is 5.48. The van der Waals surface area contributed by atoms with Crippen molar-refractivity contribution in [3.05, 3.63) is 42.0 Å². The van der Waals surface area contributed by atoms with E-state index in [1.807, 2.05) is 30.3 Å². The summed E-state index contributed by atoms with van der Waals surface area (Å²) in [6.45, 7) is 23.3. The van der Waals surface area contributed by atoms with Crippen molar-refractivity contribution in [3.8, 4) is 5.75 Å². The molecule has 1 aromatic rings. The lowest BCUT2D eigenvalue weighted by Crippen LogP contribution is -2.44. The summed E-state index contributed by atoms with van der Waals surface area (Å²) >= 11 is 0. The topological polar surface area (TPSA) is 54.0 Å². The summed E-state index contributed by atoms with van der Waals surface area (Å²) in [4.78, 5) is 11.7. The largest absolute Gasteiger partial charge is 0.497 e. The highest BCUT2D eigenvalue weighted by Gasteiger charge is 2.40. The summed E-state index contributed by atoms with van der Waals surface area (Å²) in [7, 11) is -2.31. The molecule has 0 fully saturated rings. The molecule has 7 heteroatoms. The number of hydrogen-bond donors (Lipinski definition) is 0. The van der Waals surface area contributed by atoms with E-state index in [-0.39, 0.29) is 16.2 Å². The fourth-order valence-electron chi connectivity index (χ4n) is 2.91. The number of hydrogen-bond acceptors (Lipinski definition) is 5. The maximum atomic E-state index is 11.7. The van der Waals surface area contributed by atoms with Crippen molar-refractivity contribution < 1.29 is 23.1 Å². The average Bonchev–Trinajstić information content (AvgIpc) is 2.74. The molecule has 1 aromatic carbocycles. The van der Waals surface area contributed by atoms with Gasteiger partial charge in [-0.2, -0.15) is 0 Å². The second-order valence-electron chi connectivity index (χ2n) is 12.3. The first-order valence-corrected chi connectivity index (χ1v) is 18.5. The molecule has 0 saturated carbocycles. The zero-order valence-corrected chi connectivity index (χ0v) is 26.1. The van der Waals surface area contributed by atoms with Gasteiger partial charge >= 0.3 is 0 Å². The molecule has 0 aromatic heterocycles. The highest BCUT2D eigenvalue weighted by Crippen LogP contribution is 2.38. The third kappa shape index (κ3) is 10.7. The SMILES string of the molecule is COc1ccc(COCC[C@@H](/C=C/C[C@@H](C=O)O[Si](C)(C)C(C)(C)C)O[Si](C)(C)C(C)(C)C)cc1. The molecule has 0 saturated heterocycles. The molecule has 0 aliphatic rings. The molecule has 35 heavy (non-hydrogen) atoms. The van der Waals surface area contributed by atoms with Gasteiger partial charge in [-0.15, -0.1) is 0 Å². The number of rotatable bonds is 14. The Labute approximate surface area is 216 Å². The van der Waals surface area contributed by atoms with Crippen molar-refractivity contribution >= 4 is 22.9 Å². The van der Waals surface area contributed by atoms with Gasteiger partial charge in [0, 0.05) is 6.61 Å². The van der Waals surface area contributed by atoms with E-state index in [0.29, 0.717) is 19.6 Å². The Morgan fingerprint density at radius 1 is 0.857 bits per heavy atom. The Balaban J connectivity index is 2.79. The van der Waals surface area contributed by atoms with Crippen LogP contribution in [0.5, 0.6) is 5.75 Å². The van der Waals surface area contributed by atoms with Gasteiger partial charge in [-0.25, -0.2) is 0 Å². The first-order chi connectivity index (χ1) is 16.0. The number of carbonyl (C=O) groups excluding carboxylic acids is 1. The molecule has 200 valence electrons. The summed E-state index contributed by atoms with van der Waals surface area (Å²) in [5, 5.41) is 0.174. The molecule has 1 rings (SSSR count). The number of methoxy groups -OCH3 is 1. The van der Waals surface area contributed by atoms with E-state index >= 15 is 0 Å². The van der Waals surface area contributed by atoms with E-state index in [1.54, 1.807) is 7.11 Å². The summed E-state index contributed by atoms with van der Waals surface area (Å²) in [5.41, 5.74) is 1.11. The highest BCUT2D eigenvalue weighted by atomic mass is 28.4. The van der Waals surface area contributed by atoms with Crippen LogP contribution in [0.25, 0.3) is 0 Å². The minimum atomic E-state index is -2.01. The predicted octanol–water partition coefficient (Wildman–Crippen LogP) is 7.53. The Morgan fingerprint density at radius 3 is 1.83 bits per heavy atom. The van der Waals surface area contributed by atoms with Crippen molar-refractivity contribution in [2.24, 2.45) is 0 Å². The zero-order valence-electron chi connectivity index (χ0n) is 24.1. The van der Waals surface area contributed by atoms with Crippen LogP contribution in [0, 0.1) is 0 Å². The first-order valence-electron chi connectivity index (χ1n) is 12.7. The van der Waals surface area contributed by atoms with Crippen molar-refractivity contribution in [2.45, 2.75) is 109 Å². The minimum absolute atomic E-state index is 0.0627. The fraction of sp³-hybridized carbons (Fsp3) is 0.679. The van der Waals surface area contributed by atoms with E-state index in [1.165, 1.54) is 0 Å². The van der Waals surface area contributed by atoms with E-state index in [2.05, 4.69) is 73.8 Å². The van der Waals surface area contributed by atoms with E-state index in [0.717, 1.165) is 24.0 Å². The van der Waals surface area contributed by atoms with Crippen molar-refractivity contribution in [1.82, 2.24) is 0 Å². The van der Waals surface area contributed by atoms with Gasteiger partial charge in [-0.3, -0.25) is 0 Å². The van der Waals surface area contributed by atoms with Crippen molar-refractivity contribution in [1.29, 1.82) is 0 Å². The molecule has 0 spiro atoms. The average molecular weight is 523 g/mol. The second-order valence-corrected chi connectivity index (χ2v) is 21.8. The summed E-state index contributed by atoms with van der Waals surface area (Å²) in [6.07, 6.45) is 5.91. The first kappa shape index (κ1) is 31.8. The summed E-state index contributed by atoms with van der Waals surface area (Å²) in [6, 6.07) is 7.93. The maximum absolute atomic E-state index is 11.7. The lowest BCUT2D eigenvalue weighted by molar-refractivity contribution is -0.114. The molecule has 0 amide bonds. The van der Waals surface area contributed by atoms with Crippen LogP contribution in [0.1, 0.15) is 59.9 Å². The Bertz CT molecular complexity index is 789. The van der Waals surface area contributed by atoms with Gasteiger partial charge < -0.3 is 23.1 Å². The zero-order chi connectivity index (χ0) is 26.9. The van der Waals surface area contributed by atoms with Crippen molar-refractivity contribution in [3.63, 3.8) is 0 Å². The quantitative estimate of drug-likeness (QED) is 0.109. The van der Waals surface area contributed by atoms with Crippen LogP contribution < -0.4 is 4.74 Å². The molecule has 2 atom stereocenters. The van der Waals surface area contributed by atoms with E-state index < -0.39 is 22.7 Å². The molecular weight excluding hydrogens is 472 g/mol. The van der Waals surface area contributed by atoms with Gasteiger partial charge in [0.05, 0.1) is 19.8 Å². The monoisotopic (exact) mass is 522 g/mol. The number of aldehydes is 1. The van der Waals surface area contributed by atoms with Gasteiger partial charge in [-0.05, 0) is 66.8 Å². The van der Waals surface area contributed by atoms with Gasteiger partial charge in [-0.1, -0.05) is 65.8 Å². The molecule has 0 radical (unpaired) electrons. The third-order valence-electron chi connectivity index (χ3n) is 7.35. The molecule has 0 aliphatic carbocycles.